The molecule has 2 amide bonds. The summed E-state index contributed by atoms with van der Waals surface area (Å²) >= 11 is 0. The number of hydrogen-bond acceptors (Lipinski definition) is 3. The van der Waals surface area contributed by atoms with Gasteiger partial charge in [-0.05, 0) is 37.2 Å². The van der Waals surface area contributed by atoms with Gasteiger partial charge in [-0.1, -0.05) is 44.2 Å². The highest BCUT2D eigenvalue weighted by atomic mass is 16.4. The molecule has 1 aliphatic heterocycles. The molecular formula is C21H30N2O4. The maximum atomic E-state index is 12.4. The molecule has 2 rings (SSSR count). The maximum Gasteiger partial charge on any atom is 0.326 e. The lowest BCUT2D eigenvalue weighted by atomic mass is 9.94. The quantitative estimate of drug-likeness (QED) is 0.732. The van der Waals surface area contributed by atoms with E-state index in [1.807, 2.05) is 49.1 Å². The summed E-state index contributed by atoms with van der Waals surface area (Å²) in [5.74, 6) is -1.13. The van der Waals surface area contributed by atoms with Crippen molar-refractivity contribution in [1.29, 1.82) is 0 Å². The number of nitrogens with one attached hydrogen (secondary N) is 1. The minimum Gasteiger partial charge on any atom is -0.480 e. The number of nitrogens with zero attached hydrogens (tertiary/aromatic N) is 1. The van der Waals surface area contributed by atoms with E-state index in [1.165, 1.54) is 0 Å². The van der Waals surface area contributed by atoms with Crippen LogP contribution < -0.4 is 5.32 Å². The zero-order valence-electron chi connectivity index (χ0n) is 16.2. The first-order valence-electron chi connectivity index (χ1n) is 9.71. The molecule has 0 spiro atoms. The van der Waals surface area contributed by atoms with Crippen molar-refractivity contribution >= 4 is 17.8 Å². The normalized spacial score (nSPS) is 16.2. The van der Waals surface area contributed by atoms with E-state index >= 15 is 0 Å². The predicted molar refractivity (Wildman–Crippen MR) is 103 cm³/mol. The Bertz CT molecular complexity index is 637. The molecule has 1 aromatic rings. The molecule has 6 heteroatoms. The van der Waals surface area contributed by atoms with Crippen LogP contribution >= 0.6 is 0 Å². The molecule has 0 bridgehead atoms. The van der Waals surface area contributed by atoms with Crippen LogP contribution in [-0.4, -0.2) is 46.9 Å². The minimum atomic E-state index is -0.995. The van der Waals surface area contributed by atoms with E-state index in [0.29, 0.717) is 38.8 Å². The number of carbonyl (C=O) groups is 3. The summed E-state index contributed by atoms with van der Waals surface area (Å²) < 4.78 is 0. The van der Waals surface area contributed by atoms with Gasteiger partial charge in [-0.3, -0.25) is 9.59 Å². The first-order chi connectivity index (χ1) is 12.9. The van der Waals surface area contributed by atoms with E-state index in [0.717, 1.165) is 12.0 Å². The van der Waals surface area contributed by atoms with E-state index in [1.54, 1.807) is 0 Å². The van der Waals surface area contributed by atoms with Gasteiger partial charge in [0.25, 0.3) is 0 Å². The lowest BCUT2D eigenvalue weighted by Crippen LogP contribution is -2.47. The fourth-order valence-corrected chi connectivity index (χ4v) is 3.43. The van der Waals surface area contributed by atoms with Crippen molar-refractivity contribution in [1.82, 2.24) is 10.2 Å². The fourth-order valence-electron chi connectivity index (χ4n) is 3.43. The highest BCUT2D eigenvalue weighted by Crippen LogP contribution is 2.19. The second-order valence-corrected chi connectivity index (χ2v) is 7.67. The van der Waals surface area contributed by atoms with Gasteiger partial charge >= 0.3 is 5.97 Å². The van der Waals surface area contributed by atoms with Crippen LogP contribution in [0.5, 0.6) is 0 Å². The smallest absolute Gasteiger partial charge is 0.326 e. The first kappa shape index (κ1) is 20.9. The molecule has 1 heterocycles. The highest BCUT2D eigenvalue weighted by molar-refractivity contribution is 5.85. The maximum absolute atomic E-state index is 12.4. The Morgan fingerprint density at radius 2 is 1.78 bits per heavy atom. The molecule has 6 nitrogen and oxygen atoms in total. The number of likely N-dealkylation sites (tertiary alicyclic amines) is 1. The van der Waals surface area contributed by atoms with E-state index in [9.17, 15) is 19.5 Å². The van der Waals surface area contributed by atoms with Crippen LogP contribution in [0.15, 0.2) is 30.3 Å². The number of benzene rings is 1. The number of hydrogen-bond donors (Lipinski definition) is 2. The lowest BCUT2D eigenvalue weighted by Gasteiger charge is -2.32. The monoisotopic (exact) mass is 374 g/mol. The Labute approximate surface area is 160 Å². The van der Waals surface area contributed by atoms with E-state index < -0.39 is 12.0 Å². The number of carbonyl (C=O) groups excluding carboxylic acids is 2. The molecule has 148 valence electrons. The third-order valence-corrected chi connectivity index (χ3v) is 5.01. The van der Waals surface area contributed by atoms with Crippen molar-refractivity contribution in [3.8, 4) is 0 Å². The Morgan fingerprint density at radius 1 is 1.15 bits per heavy atom. The number of carboxylic acids is 1. The number of amides is 2. The van der Waals surface area contributed by atoms with Crippen LogP contribution in [0, 0.1) is 11.8 Å². The molecule has 2 N–H and O–H groups in total. The van der Waals surface area contributed by atoms with Gasteiger partial charge in [-0.25, -0.2) is 4.79 Å². The SMILES string of the molecule is CC(C)C[C@@H](NC(=O)C1CCN(C(=O)CCc2ccccc2)CC1)C(=O)O. The largest absolute Gasteiger partial charge is 0.480 e. The Morgan fingerprint density at radius 3 is 2.33 bits per heavy atom. The molecule has 0 radical (unpaired) electrons. The number of carboxylic acid groups (broad SMARTS) is 1. The molecule has 0 unspecified atom stereocenters. The Kier molecular flexibility index (Phi) is 7.82. The summed E-state index contributed by atoms with van der Waals surface area (Å²) in [6, 6.07) is 9.07. The van der Waals surface area contributed by atoms with Crippen molar-refractivity contribution in [2.75, 3.05) is 13.1 Å². The second kappa shape index (κ2) is 10.1. The van der Waals surface area contributed by atoms with Crippen LogP contribution in [0.2, 0.25) is 0 Å². The van der Waals surface area contributed by atoms with Gasteiger partial charge in [0.2, 0.25) is 11.8 Å². The Balaban J connectivity index is 1.77. The third-order valence-electron chi connectivity index (χ3n) is 5.01. The average molecular weight is 374 g/mol. The second-order valence-electron chi connectivity index (χ2n) is 7.67. The van der Waals surface area contributed by atoms with Crippen molar-refractivity contribution in [3.63, 3.8) is 0 Å². The molecule has 0 aromatic heterocycles. The number of aliphatic carboxylic acids is 1. The van der Waals surface area contributed by atoms with Gasteiger partial charge in [0.05, 0.1) is 0 Å². The molecule has 0 saturated carbocycles. The minimum absolute atomic E-state index is 0.112. The standard InChI is InChI=1S/C21H30N2O4/c1-15(2)14-18(21(26)27)22-20(25)17-10-12-23(13-11-17)19(24)9-8-16-6-4-3-5-7-16/h3-7,15,17-18H,8-14H2,1-2H3,(H,22,25)(H,26,27)/t18-/m1/s1. The summed E-state index contributed by atoms with van der Waals surface area (Å²) in [5, 5.41) is 11.9. The zero-order chi connectivity index (χ0) is 19.8. The summed E-state index contributed by atoms with van der Waals surface area (Å²) in [4.78, 5) is 37.9. The van der Waals surface area contributed by atoms with Gasteiger partial charge in [0, 0.05) is 25.4 Å². The molecule has 27 heavy (non-hydrogen) atoms. The number of piperidine rings is 1. The summed E-state index contributed by atoms with van der Waals surface area (Å²) in [5.41, 5.74) is 1.14. The molecule has 1 aliphatic rings. The van der Waals surface area contributed by atoms with Gasteiger partial charge in [-0.15, -0.1) is 0 Å². The van der Waals surface area contributed by atoms with E-state index in [4.69, 9.17) is 0 Å². The molecular weight excluding hydrogens is 344 g/mol. The number of rotatable bonds is 8. The average Bonchev–Trinajstić information content (AvgIpc) is 2.66. The van der Waals surface area contributed by atoms with Crippen LogP contribution in [0.25, 0.3) is 0 Å². The fraction of sp³-hybridized carbons (Fsp3) is 0.571. The summed E-state index contributed by atoms with van der Waals surface area (Å²) in [7, 11) is 0. The molecule has 1 saturated heterocycles. The third kappa shape index (κ3) is 6.70. The number of aryl methyl sites for hydroxylation is 1. The van der Waals surface area contributed by atoms with Crippen LogP contribution in [0.3, 0.4) is 0 Å². The lowest BCUT2D eigenvalue weighted by molar-refractivity contribution is -0.143. The van der Waals surface area contributed by atoms with Gasteiger partial charge in [-0.2, -0.15) is 0 Å². The van der Waals surface area contributed by atoms with Crippen LogP contribution in [0.4, 0.5) is 0 Å². The van der Waals surface area contributed by atoms with Crippen LogP contribution in [0.1, 0.15) is 45.1 Å². The molecule has 1 aromatic carbocycles. The van der Waals surface area contributed by atoms with Crippen LogP contribution in [-0.2, 0) is 20.8 Å². The summed E-state index contributed by atoms with van der Waals surface area (Å²) in [6.07, 6.45) is 2.76. The van der Waals surface area contributed by atoms with E-state index in [-0.39, 0.29) is 23.7 Å². The van der Waals surface area contributed by atoms with Crippen molar-refractivity contribution in [2.45, 2.75) is 52.0 Å². The topological polar surface area (TPSA) is 86.7 Å². The summed E-state index contributed by atoms with van der Waals surface area (Å²) in [6.45, 7) is 4.96. The first-order valence-corrected chi connectivity index (χ1v) is 9.71. The van der Waals surface area contributed by atoms with Crippen molar-refractivity contribution in [2.24, 2.45) is 11.8 Å². The molecule has 1 fully saturated rings. The van der Waals surface area contributed by atoms with Crippen molar-refractivity contribution in [3.05, 3.63) is 35.9 Å². The molecule has 1 atom stereocenters. The zero-order valence-corrected chi connectivity index (χ0v) is 16.2. The van der Waals surface area contributed by atoms with Crippen molar-refractivity contribution < 1.29 is 19.5 Å². The molecule has 0 aliphatic carbocycles. The van der Waals surface area contributed by atoms with Gasteiger partial charge < -0.3 is 15.3 Å². The van der Waals surface area contributed by atoms with E-state index in [2.05, 4.69) is 5.32 Å². The predicted octanol–water partition coefficient (Wildman–Crippen LogP) is 2.47. The van der Waals surface area contributed by atoms with Gasteiger partial charge in [0.15, 0.2) is 0 Å². The van der Waals surface area contributed by atoms with Gasteiger partial charge in [0.1, 0.15) is 6.04 Å². The Hall–Kier alpha value is -2.37. The highest BCUT2D eigenvalue weighted by Gasteiger charge is 2.30.